The Balaban J connectivity index is 2.53. The van der Waals surface area contributed by atoms with Crippen molar-refractivity contribution < 1.29 is 0 Å². The zero-order valence-electron chi connectivity index (χ0n) is 7.24. The molecule has 0 aliphatic heterocycles. The van der Waals surface area contributed by atoms with Crippen molar-refractivity contribution >= 4 is 27.5 Å². The third-order valence-electron chi connectivity index (χ3n) is 1.90. The van der Waals surface area contributed by atoms with Crippen molar-refractivity contribution in [3.63, 3.8) is 0 Å². The second kappa shape index (κ2) is 4.11. The molecule has 0 fully saturated rings. The summed E-state index contributed by atoms with van der Waals surface area (Å²) in [5.74, 6) is 0. The normalized spacial score (nSPS) is 10.1. The number of aromatic nitrogens is 1. The molecule has 1 nitrogen and oxygen atoms in total. The lowest BCUT2D eigenvalue weighted by Gasteiger charge is -2.03. The zero-order chi connectivity index (χ0) is 9.97. The molecule has 0 aliphatic carbocycles. The summed E-state index contributed by atoms with van der Waals surface area (Å²) in [4.78, 5) is 4.05. The van der Waals surface area contributed by atoms with Gasteiger partial charge in [0.1, 0.15) is 0 Å². The molecular formula is C11H7BrClN. The fraction of sp³-hybridized carbons (Fsp3) is 0. The maximum absolute atomic E-state index is 6.11. The first-order valence-corrected chi connectivity index (χ1v) is 5.30. The van der Waals surface area contributed by atoms with Crippen LogP contribution in [0.15, 0.2) is 47.2 Å². The Hall–Kier alpha value is -0.860. The van der Waals surface area contributed by atoms with E-state index in [4.69, 9.17) is 11.6 Å². The summed E-state index contributed by atoms with van der Waals surface area (Å²) in [6.45, 7) is 0. The molecule has 0 atom stereocenters. The number of pyridine rings is 1. The van der Waals surface area contributed by atoms with Gasteiger partial charge in [0.25, 0.3) is 0 Å². The third-order valence-corrected chi connectivity index (χ3v) is 2.71. The average molecular weight is 269 g/mol. The van der Waals surface area contributed by atoms with Crippen LogP contribution in [0.5, 0.6) is 0 Å². The largest absolute Gasteiger partial charge is 0.264 e. The molecule has 0 saturated heterocycles. The van der Waals surface area contributed by atoms with Crippen molar-refractivity contribution in [2.75, 3.05) is 0 Å². The summed E-state index contributed by atoms with van der Waals surface area (Å²) < 4.78 is 0.982. The van der Waals surface area contributed by atoms with E-state index < -0.39 is 0 Å². The maximum atomic E-state index is 6.11. The Morgan fingerprint density at radius 2 is 2.07 bits per heavy atom. The Labute approximate surface area is 95.9 Å². The molecule has 0 aliphatic rings. The summed E-state index contributed by atoms with van der Waals surface area (Å²) in [7, 11) is 0. The lowest BCUT2D eigenvalue weighted by molar-refractivity contribution is 1.33. The van der Waals surface area contributed by atoms with E-state index in [1.807, 2.05) is 30.3 Å². The lowest BCUT2D eigenvalue weighted by Crippen LogP contribution is -1.80. The molecule has 1 aromatic heterocycles. The summed E-state index contributed by atoms with van der Waals surface area (Å²) in [5.41, 5.74) is 2.04. The van der Waals surface area contributed by atoms with E-state index >= 15 is 0 Å². The van der Waals surface area contributed by atoms with Crippen LogP contribution >= 0.6 is 27.5 Å². The van der Waals surface area contributed by atoms with Gasteiger partial charge in [0.2, 0.25) is 0 Å². The first-order valence-electron chi connectivity index (χ1n) is 4.13. The van der Waals surface area contributed by atoms with Crippen LogP contribution in [-0.2, 0) is 0 Å². The van der Waals surface area contributed by atoms with Gasteiger partial charge in [-0.15, -0.1) is 0 Å². The Morgan fingerprint density at radius 1 is 1.21 bits per heavy atom. The van der Waals surface area contributed by atoms with Crippen LogP contribution in [-0.4, -0.2) is 4.98 Å². The van der Waals surface area contributed by atoms with Crippen molar-refractivity contribution in [2.45, 2.75) is 0 Å². The SMILES string of the molecule is Clc1cc(Br)ccc1-c1cccnc1. The predicted octanol–water partition coefficient (Wildman–Crippen LogP) is 4.16. The van der Waals surface area contributed by atoms with Gasteiger partial charge in [-0.1, -0.05) is 39.7 Å². The van der Waals surface area contributed by atoms with Crippen molar-refractivity contribution in [1.82, 2.24) is 4.98 Å². The zero-order valence-corrected chi connectivity index (χ0v) is 9.59. The van der Waals surface area contributed by atoms with Gasteiger partial charge in [-0.05, 0) is 18.2 Å². The minimum Gasteiger partial charge on any atom is -0.264 e. The molecule has 0 N–H and O–H groups in total. The molecular weight excluding hydrogens is 261 g/mol. The van der Waals surface area contributed by atoms with Crippen LogP contribution in [0.25, 0.3) is 11.1 Å². The van der Waals surface area contributed by atoms with Gasteiger partial charge < -0.3 is 0 Å². The van der Waals surface area contributed by atoms with Gasteiger partial charge in [0, 0.05) is 33.0 Å². The van der Waals surface area contributed by atoms with Crippen LogP contribution < -0.4 is 0 Å². The third kappa shape index (κ3) is 1.97. The quantitative estimate of drug-likeness (QED) is 0.756. The molecule has 2 rings (SSSR count). The number of halogens is 2. The van der Waals surface area contributed by atoms with Gasteiger partial charge in [0.05, 0.1) is 0 Å². The van der Waals surface area contributed by atoms with Gasteiger partial charge in [-0.25, -0.2) is 0 Å². The molecule has 3 heteroatoms. The summed E-state index contributed by atoms with van der Waals surface area (Å²) in [5, 5.41) is 0.729. The molecule has 0 saturated carbocycles. The van der Waals surface area contributed by atoms with E-state index in [0.29, 0.717) is 0 Å². The first kappa shape index (κ1) is 9.69. The van der Waals surface area contributed by atoms with Crippen molar-refractivity contribution in [2.24, 2.45) is 0 Å². The highest BCUT2D eigenvalue weighted by molar-refractivity contribution is 9.10. The van der Waals surface area contributed by atoms with Gasteiger partial charge in [-0.2, -0.15) is 0 Å². The van der Waals surface area contributed by atoms with Crippen LogP contribution in [0.2, 0.25) is 5.02 Å². The topological polar surface area (TPSA) is 12.9 Å². The van der Waals surface area contributed by atoms with Crippen molar-refractivity contribution in [3.8, 4) is 11.1 Å². The number of rotatable bonds is 1. The Morgan fingerprint density at radius 3 is 2.71 bits per heavy atom. The molecule has 0 bridgehead atoms. The van der Waals surface area contributed by atoms with Crippen LogP contribution in [0.1, 0.15) is 0 Å². The lowest BCUT2D eigenvalue weighted by atomic mass is 10.1. The predicted molar refractivity (Wildman–Crippen MR) is 62.4 cm³/mol. The fourth-order valence-corrected chi connectivity index (χ4v) is 2.03. The van der Waals surface area contributed by atoms with Gasteiger partial charge >= 0.3 is 0 Å². The van der Waals surface area contributed by atoms with Gasteiger partial charge in [-0.3, -0.25) is 4.98 Å². The standard InChI is InChI=1S/C11H7BrClN/c12-9-3-4-10(11(13)6-9)8-2-1-5-14-7-8/h1-7H. The molecule has 1 heterocycles. The van der Waals surface area contributed by atoms with Crippen molar-refractivity contribution in [1.29, 1.82) is 0 Å². The number of benzene rings is 1. The van der Waals surface area contributed by atoms with E-state index in [2.05, 4.69) is 20.9 Å². The van der Waals surface area contributed by atoms with E-state index in [1.165, 1.54) is 0 Å². The molecule has 0 radical (unpaired) electrons. The molecule has 0 unspecified atom stereocenters. The number of nitrogens with zero attached hydrogens (tertiary/aromatic N) is 1. The average Bonchev–Trinajstić information content (AvgIpc) is 2.19. The van der Waals surface area contributed by atoms with E-state index in [1.54, 1.807) is 12.4 Å². The monoisotopic (exact) mass is 267 g/mol. The highest BCUT2D eigenvalue weighted by Crippen LogP contribution is 2.29. The maximum Gasteiger partial charge on any atom is 0.0496 e. The first-order chi connectivity index (χ1) is 6.77. The van der Waals surface area contributed by atoms with Crippen molar-refractivity contribution in [3.05, 3.63) is 52.2 Å². The molecule has 0 spiro atoms. The van der Waals surface area contributed by atoms with E-state index in [0.717, 1.165) is 20.6 Å². The second-order valence-corrected chi connectivity index (χ2v) is 4.19. The molecule has 70 valence electrons. The molecule has 2 aromatic rings. The molecule has 14 heavy (non-hydrogen) atoms. The highest BCUT2D eigenvalue weighted by Gasteiger charge is 2.02. The van der Waals surface area contributed by atoms with Crippen LogP contribution in [0, 0.1) is 0 Å². The Kier molecular flexibility index (Phi) is 2.85. The Bertz CT molecular complexity index is 442. The summed E-state index contributed by atoms with van der Waals surface area (Å²) in [6, 6.07) is 9.71. The summed E-state index contributed by atoms with van der Waals surface area (Å²) in [6.07, 6.45) is 3.55. The molecule has 1 aromatic carbocycles. The van der Waals surface area contributed by atoms with E-state index in [9.17, 15) is 0 Å². The van der Waals surface area contributed by atoms with E-state index in [-0.39, 0.29) is 0 Å². The highest BCUT2D eigenvalue weighted by atomic mass is 79.9. The van der Waals surface area contributed by atoms with Gasteiger partial charge in [0.15, 0.2) is 0 Å². The fourth-order valence-electron chi connectivity index (χ4n) is 1.25. The minimum absolute atomic E-state index is 0.729. The summed E-state index contributed by atoms with van der Waals surface area (Å²) >= 11 is 9.48. The van der Waals surface area contributed by atoms with Crippen LogP contribution in [0.3, 0.4) is 0 Å². The molecule has 0 amide bonds. The second-order valence-electron chi connectivity index (χ2n) is 2.87. The van der Waals surface area contributed by atoms with Crippen LogP contribution in [0.4, 0.5) is 0 Å². The number of hydrogen-bond donors (Lipinski definition) is 0. The smallest absolute Gasteiger partial charge is 0.0496 e. The minimum atomic E-state index is 0.729. The number of hydrogen-bond acceptors (Lipinski definition) is 1.